The van der Waals surface area contributed by atoms with Gasteiger partial charge < -0.3 is 15.4 Å². The highest BCUT2D eigenvalue weighted by molar-refractivity contribution is 5.95. The highest BCUT2D eigenvalue weighted by Gasteiger charge is 2.39. The van der Waals surface area contributed by atoms with Crippen LogP contribution in [0.4, 0.5) is 10.1 Å². The number of nitrogens with one attached hydrogen (secondary N) is 2. The maximum Gasteiger partial charge on any atom is 0.233 e. The summed E-state index contributed by atoms with van der Waals surface area (Å²) >= 11 is 0. The Kier molecular flexibility index (Phi) is 6.39. The lowest BCUT2D eigenvalue weighted by Gasteiger charge is -2.35. The summed E-state index contributed by atoms with van der Waals surface area (Å²) in [6.07, 6.45) is 1.49. The first kappa shape index (κ1) is 16.9. The molecule has 4 nitrogen and oxygen atoms in total. The van der Waals surface area contributed by atoms with Crippen LogP contribution >= 0.6 is 12.4 Å². The van der Waals surface area contributed by atoms with Crippen LogP contribution in [0.3, 0.4) is 0 Å². The molecule has 0 saturated carbocycles. The lowest BCUT2D eigenvalue weighted by Crippen LogP contribution is -2.47. The van der Waals surface area contributed by atoms with Gasteiger partial charge in [0, 0.05) is 12.8 Å². The topological polar surface area (TPSA) is 50.4 Å². The van der Waals surface area contributed by atoms with Crippen molar-refractivity contribution in [2.45, 2.75) is 12.8 Å². The SMILES string of the molecule is COCC1(C(=O)Nc2ccc(F)cc2)CCNCC1.Cl. The minimum Gasteiger partial charge on any atom is -0.384 e. The van der Waals surface area contributed by atoms with Crippen LogP contribution in [0.5, 0.6) is 0 Å². The summed E-state index contributed by atoms with van der Waals surface area (Å²) < 4.78 is 18.0. The highest BCUT2D eigenvalue weighted by Crippen LogP contribution is 2.30. The molecule has 0 atom stereocenters. The van der Waals surface area contributed by atoms with E-state index >= 15 is 0 Å². The number of amides is 1. The van der Waals surface area contributed by atoms with Crippen LogP contribution in [0.1, 0.15) is 12.8 Å². The van der Waals surface area contributed by atoms with Crippen molar-refractivity contribution in [1.82, 2.24) is 5.32 Å². The van der Waals surface area contributed by atoms with E-state index < -0.39 is 5.41 Å². The second kappa shape index (κ2) is 7.57. The van der Waals surface area contributed by atoms with Crippen molar-refractivity contribution in [1.29, 1.82) is 0 Å². The number of rotatable bonds is 4. The summed E-state index contributed by atoms with van der Waals surface area (Å²) in [5.74, 6) is -0.367. The summed E-state index contributed by atoms with van der Waals surface area (Å²) in [7, 11) is 1.61. The van der Waals surface area contributed by atoms with Gasteiger partial charge in [0.15, 0.2) is 0 Å². The van der Waals surface area contributed by atoms with E-state index in [1.54, 1.807) is 19.2 Å². The molecule has 20 heavy (non-hydrogen) atoms. The molecule has 0 spiro atoms. The number of piperidine rings is 1. The fourth-order valence-corrected chi connectivity index (χ4v) is 2.42. The van der Waals surface area contributed by atoms with Gasteiger partial charge in [0.2, 0.25) is 5.91 Å². The van der Waals surface area contributed by atoms with E-state index in [-0.39, 0.29) is 24.1 Å². The Morgan fingerprint density at radius 1 is 1.35 bits per heavy atom. The number of halogens is 2. The number of hydrogen-bond donors (Lipinski definition) is 2. The van der Waals surface area contributed by atoms with Crippen molar-refractivity contribution in [2.75, 3.05) is 32.1 Å². The monoisotopic (exact) mass is 302 g/mol. The Morgan fingerprint density at radius 2 is 1.95 bits per heavy atom. The largest absolute Gasteiger partial charge is 0.384 e. The minimum absolute atomic E-state index is 0. The third-order valence-electron chi connectivity index (χ3n) is 3.57. The first-order valence-electron chi connectivity index (χ1n) is 6.43. The van der Waals surface area contributed by atoms with E-state index in [0.717, 1.165) is 25.9 Å². The number of hydrogen-bond acceptors (Lipinski definition) is 3. The standard InChI is InChI=1S/C14H19FN2O2.ClH/c1-19-10-14(6-8-16-9-7-14)13(18)17-12-4-2-11(15)3-5-12;/h2-5,16H,6-10H2,1H3,(H,17,18);1H. The maximum absolute atomic E-state index is 12.8. The number of carbonyl (C=O) groups excluding carboxylic acids is 1. The molecule has 1 amide bonds. The molecule has 6 heteroatoms. The Labute approximate surface area is 124 Å². The van der Waals surface area contributed by atoms with Gasteiger partial charge >= 0.3 is 0 Å². The molecule has 0 aliphatic carbocycles. The average molecular weight is 303 g/mol. The van der Waals surface area contributed by atoms with Crippen LogP contribution in [0, 0.1) is 11.2 Å². The summed E-state index contributed by atoms with van der Waals surface area (Å²) in [4.78, 5) is 12.5. The lowest BCUT2D eigenvalue weighted by atomic mass is 9.78. The van der Waals surface area contributed by atoms with Crippen molar-refractivity contribution in [2.24, 2.45) is 5.41 Å². The van der Waals surface area contributed by atoms with E-state index in [2.05, 4.69) is 10.6 Å². The van der Waals surface area contributed by atoms with Gasteiger partial charge in [0.25, 0.3) is 0 Å². The van der Waals surface area contributed by atoms with Crippen LogP contribution < -0.4 is 10.6 Å². The van der Waals surface area contributed by atoms with Gasteiger partial charge in [-0.1, -0.05) is 0 Å². The molecule has 2 rings (SSSR count). The zero-order valence-electron chi connectivity index (χ0n) is 11.4. The summed E-state index contributed by atoms with van der Waals surface area (Å²) in [5, 5.41) is 6.09. The Hall–Kier alpha value is -1.17. The Bertz CT molecular complexity index is 428. The molecule has 1 fully saturated rings. The van der Waals surface area contributed by atoms with Gasteiger partial charge in [-0.3, -0.25) is 4.79 Å². The second-order valence-electron chi connectivity index (χ2n) is 4.92. The van der Waals surface area contributed by atoms with Crippen molar-refractivity contribution in [3.8, 4) is 0 Å². The van der Waals surface area contributed by atoms with Gasteiger partial charge in [0.1, 0.15) is 5.82 Å². The quantitative estimate of drug-likeness (QED) is 0.896. The summed E-state index contributed by atoms with van der Waals surface area (Å²) in [5.41, 5.74) is 0.120. The van der Waals surface area contributed by atoms with Crippen LogP contribution in [-0.2, 0) is 9.53 Å². The highest BCUT2D eigenvalue weighted by atomic mass is 35.5. The molecule has 1 saturated heterocycles. The summed E-state index contributed by atoms with van der Waals surface area (Å²) in [6, 6.07) is 5.80. The molecule has 0 bridgehead atoms. The molecule has 1 aromatic carbocycles. The fraction of sp³-hybridized carbons (Fsp3) is 0.500. The Morgan fingerprint density at radius 3 is 2.50 bits per heavy atom. The third kappa shape index (κ3) is 3.91. The van der Waals surface area contributed by atoms with Crippen LogP contribution in [0.2, 0.25) is 0 Å². The van der Waals surface area contributed by atoms with E-state index in [1.165, 1.54) is 12.1 Å². The van der Waals surface area contributed by atoms with Crippen LogP contribution in [-0.4, -0.2) is 32.7 Å². The first-order chi connectivity index (χ1) is 9.16. The first-order valence-corrected chi connectivity index (χ1v) is 6.43. The van der Waals surface area contributed by atoms with Gasteiger partial charge in [-0.05, 0) is 50.2 Å². The Balaban J connectivity index is 0.00000200. The molecule has 1 heterocycles. The number of ether oxygens (including phenoxy) is 1. The predicted molar refractivity (Wildman–Crippen MR) is 78.7 cm³/mol. The number of benzene rings is 1. The van der Waals surface area contributed by atoms with Gasteiger partial charge in [-0.25, -0.2) is 4.39 Å². The molecule has 0 unspecified atom stereocenters. The second-order valence-corrected chi connectivity index (χ2v) is 4.92. The molecule has 112 valence electrons. The number of methoxy groups -OCH3 is 1. The van der Waals surface area contributed by atoms with Gasteiger partial charge in [-0.15, -0.1) is 12.4 Å². The maximum atomic E-state index is 12.8. The molecular formula is C14H20ClFN2O2. The van der Waals surface area contributed by atoms with Crippen LogP contribution in [0.15, 0.2) is 24.3 Å². The van der Waals surface area contributed by atoms with Crippen molar-refractivity contribution < 1.29 is 13.9 Å². The van der Waals surface area contributed by atoms with Crippen molar-refractivity contribution in [3.63, 3.8) is 0 Å². The van der Waals surface area contributed by atoms with E-state index in [0.29, 0.717) is 12.3 Å². The van der Waals surface area contributed by atoms with E-state index in [1.807, 2.05) is 0 Å². The molecule has 1 aliphatic heterocycles. The average Bonchev–Trinajstić information content (AvgIpc) is 2.43. The molecule has 1 aromatic rings. The molecule has 0 aromatic heterocycles. The number of carbonyl (C=O) groups is 1. The molecule has 2 N–H and O–H groups in total. The smallest absolute Gasteiger partial charge is 0.233 e. The van der Waals surface area contributed by atoms with Crippen LogP contribution in [0.25, 0.3) is 0 Å². The summed E-state index contributed by atoms with van der Waals surface area (Å²) in [6.45, 7) is 2.02. The third-order valence-corrected chi connectivity index (χ3v) is 3.57. The zero-order valence-corrected chi connectivity index (χ0v) is 12.3. The zero-order chi connectivity index (χ0) is 13.7. The molecular weight excluding hydrogens is 283 g/mol. The molecule has 0 radical (unpaired) electrons. The normalized spacial score (nSPS) is 17.1. The fourth-order valence-electron chi connectivity index (χ4n) is 2.42. The van der Waals surface area contributed by atoms with E-state index in [9.17, 15) is 9.18 Å². The number of anilines is 1. The van der Waals surface area contributed by atoms with Crippen molar-refractivity contribution >= 4 is 24.0 Å². The molecule has 1 aliphatic rings. The van der Waals surface area contributed by atoms with Crippen molar-refractivity contribution in [3.05, 3.63) is 30.1 Å². The van der Waals surface area contributed by atoms with E-state index in [4.69, 9.17) is 4.74 Å². The lowest BCUT2D eigenvalue weighted by molar-refractivity contribution is -0.130. The predicted octanol–water partition coefficient (Wildman–Crippen LogP) is 2.20. The van der Waals surface area contributed by atoms with Gasteiger partial charge in [-0.2, -0.15) is 0 Å². The minimum atomic E-state index is -0.492. The van der Waals surface area contributed by atoms with Gasteiger partial charge in [0.05, 0.1) is 12.0 Å².